The number of carboxylic acids is 1. The van der Waals surface area contributed by atoms with E-state index in [2.05, 4.69) is 4.98 Å². The monoisotopic (exact) mass is 287 g/mol. The lowest BCUT2D eigenvalue weighted by molar-refractivity contribution is -0.384. The van der Waals surface area contributed by atoms with Gasteiger partial charge in [-0.1, -0.05) is 18.5 Å². The molecule has 8 heteroatoms. The van der Waals surface area contributed by atoms with Gasteiger partial charge in [-0.15, -0.1) is 0 Å². The molecule has 1 N–H and O–H groups in total. The first kappa shape index (κ1) is 15.2. The Hall–Kier alpha value is -1.89. The van der Waals surface area contributed by atoms with E-state index in [0.717, 1.165) is 0 Å². The van der Waals surface area contributed by atoms with Gasteiger partial charge in [-0.3, -0.25) is 14.9 Å². The molecule has 1 aromatic heterocycles. The molecule has 0 amide bonds. The average molecular weight is 288 g/mol. The lowest BCUT2D eigenvalue weighted by Crippen LogP contribution is -2.32. The fourth-order valence-corrected chi connectivity index (χ4v) is 1.73. The molecule has 0 aliphatic rings. The van der Waals surface area contributed by atoms with Crippen molar-refractivity contribution in [2.75, 3.05) is 18.0 Å². The molecule has 0 aliphatic carbocycles. The summed E-state index contributed by atoms with van der Waals surface area (Å²) in [5.41, 5.74) is -0.230. The maximum Gasteiger partial charge on any atom is 0.313 e. The van der Waals surface area contributed by atoms with E-state index in [-0.39, 0.29) is 23.1 Å². The van der Waals surface area contributed by atoms with Crippen LogP contribution in [0.1, 0.15) is 13.8 Å². The van der Waals surface area contributed by atoms with Crippen molar-refractivity contribution in [3.05, 3.63) is 27.4 Å². The zero-order valence-electron chi connectivity index (χ0n) is 10.5. The number of nitrogens with zero attached hydrogens (tertiary/aromatic N) is 3. The van der Waals surface area contributed by atoms with Gasteiger partial charge in [-0.05, 0) is 6.92 Å². The minimum atomic E-state index is -0.963. The number of hydrogen-bond acceptors (Lipinski definition) is 5. The molecule has 0 radical (unpaired) electrons. The van der Waals surface area contributed by atoms with Gasteiger partial charge in [0.15, 0.2) is 0 Å². The molecule has 0 bridgehead atoms. The van der Waals surface area contributed by atoms with Crippen molar-refractivity contribution >= 4 is 29.1 Å². The molecule has 1 aromatic rings. The van der Waals surface area contributed by atoms with Crippen molar-refractivity contribution in [3.8, 4) is 0 Å². The summed E-state index contributed by atoms with van der Waals surface area (Å²) in [5, 5.41) is 20.0. The second kappa shape index (κ2) is 6.33. The van der Waals surface area contributed by atoms with Crippen LogP contribution in [0.2, 0.25) is 5.02 Å². The van der Waals surface area contributed by atoms with Crippen LogP contribution in [-0.4, -0.2) is 34.1 Å². The molecule has 0 fully saturated rings. The van der Waals surface area contributed by atoms with Gasteiger partial charge in [0.1, 0.15) is 0 Å². The number of aromatic nitrogens is 1. The van der Waals surface area contributed by atoms with E-state index < -0.39 is 16.8 Å². The van der Waals surface area contributed by atoms with Crippen LogP contribution in [-0.2, 0) is 4.79 Å². The number of rotatable bonds is 6. The Balaban J connectivity index is 3.11. The molecule has 0 saturated heterocycles. The summed E-state index contributed by atoms with van der Waals surface area (Å²) in [5.74, 6) is -1.49. The maximum absolute atomic E-state index is 11.0. The first-order valence-corrected chi connectivity index (χ1v) is 6.02. The highest BCUT2D eigenvalue weighted by Crippen LogP contribution is 2.28. The Morgan fingerprint density at radius 2 is 2.32 bits per heavy atom. The molecular weight excluding hydrogens is 274 g/mol. The summed E-state index contributed by atoms with van der Waals surface area (Å²) in [6, 6.07) is 1.21. The van der Waals surface area contributed by atoms with Crippen molar-refractivity contribution in [1.82, 2.24) is 4.98 Å². The summed E-state index contributed by atoms with van der Waals surface area (Å²) in [4.78, 5) is 26.7. The third-order valence-electron chi connectivity index (χ3n) is 2.61. The third-order valence-corrected chi connectivity index (χ3v) is 2.81. The topological polar surface area (TPSA) is 96.6 Å². The number of pyridine rings is 1. The highest BCUT2D eigenvalue weighted by atomic mass is 35.5. The van der Waals surface area contributed by atoms with E-state index in [4.69, 9.17) is 16.7 Å². The second-order valence-corrected chi connectivity index (χ2v) is 4.47. The van der Waals surface area contributed by atoms with Crippen LogP contribution in [0.25, 0.3) is 0 Å². The predicted molar refractivity (Wildman–Crippen MR) is 70.6 cm³/mol. The van der Waals surface area contributed by atoms with E-state index in [0.29, 0.717) is 6.54 Å². The van der Waals surface area contributed by atoms with Crippen molar-refractivity contribution in [2.24, 2.45) is 5.92 Å². The van der Waals surface area contributed by atoms with Gasteiger partial charge in [-0.25, -0.2) is 4.98 Å². The first-order chi connectivity index (χ1) is 8.86. The Morgan fingerprint density at radius 1 is 1.68 bits per heavy atom. The minimum absolute atomic E-state index is 0.130. The van der Waals surface area contributed by atoms with Crippen LogP contribution in [0.4, 0.5) is 11.5 Å². The maximum atomic E-state index is 11.0. The summed E-state index contributed by atoms with van der Waals surface area (Å²) >= 11 is 5.69. The number of halogens is 1. The van der Waals surface area contributed by atoms with Crippen molar-refractivity contribution in [1.29, 1.82) is 0 Å². The summed E-state index contributed by atoms with van der Waals surface area (Å²) in [6.45, 7) is 3.86. The van der Waals surface area contributed by atoms with E-state index in [1.807, 2.05) is 0 Å². The largest absolute Gasteiger partial charge is 0.481 e. The quantitative estimate of drug-likeness (QED) is 0.636. The lowest BCUT2D eigenvalue weighted by Gasteiger charge is -2.23. The average Bonchev–Trinajstić information content (AvgIpc) is 2.35. The fourth-order valence-electron chi connectivity index (χ4n) is 1.57. The normalized spacial score (nSPS) is 11.9. The SMILES string of the molecule is CCN(CC(C)C(=O)O)c1ncc(Cl)cc1[N+](=O)[O-]. The fraction of sp³-hybridized carbons (Fsp3) is 0.455. The summed E-state index contributed by atoms with van der Waals surface area (Å²) in [6.07, 6.45) is 1.30. The highest BCUT2D eigenvalue weighted by Gasteiger charge is 2.24. The number of hydrogen-bond donors (Lipinski definition) is 1. The first-order valence-electron chi connectivity index (χ1n) is 5.64. The number of anilines is 1. The summed E-state index contributed by atoms with van der Waals surface area (Å²) in [7, 11) is 0. The van der Waals surface area contributed by atoms with Crippen LogP contribution >= 0.6 is 11.6 Å². The molecule has 1 atom stereocenters. The Labute approximate surface area is 115 Å². The molecule has 0 aliphatic heterocycles. The van der Waals surface area contributed by atoms with Gasteiger partial charge in [0, 0.05) is 25.4 Å². The molecule has 7 nitrogen and oxygen atoms in total. The van der Waals surface area contributed by atoms with E-state index in [1.165, 1.54) is 19.2 Å². The molecular formula is C11H14ClN3O4. The zero-order chi connectivity index (χ0) is 14.6. The predicted octanol–water partition coefficient (Wildman–Crippen LogP) is 2.19. The van der Waals surface area contributed by atoms with Gasteiger partial charge in [-0.2, -0.15) is 0 Å². The van der Waals surface area contributed by atoms with Gasteiger partial charge < -0.3 is 10.0 Å². The Bertz CT molecular complexity index is 495. The van der Waals surface area contributed by atoms with Crippen LogP contribution in [0.15, 0.2) is 12.3 Å². The molecule has 1 heterocycles. The molecule has 0 saturated carbocycles. The van der Waals surface area contributed by atoms with E-state index in [1.54, 1.807) is 11.8 Å². The van der Waals surface area contributed by atoms with Crippen LogP contribution in [0.3, 0.4) is 0 Å². The highest BCUT2D eigenvalue weighted by molar-refractivity contribution is 6.30. The molecule has 1 unspecified atom stereocenters. The molecule has 1 rings (SSSR count). The molecule has 19 heavy (non-hydrogen) atoms. The lowest BCUT2D eigenvalue weighted by atomic mass is 10.1. The Kier molecular flexibility index (Phi) is 5.05. The zero-order valence-corrected chi connectivity index (χ0v) is 11.3. The molecule has 104 valence electrons. The van der Waals surface area contributed by atoms with Gasteiger partial charge >= 0.3 is 11.7 Å². The van der Waals surface area contributed by atoms with Crippen molar-refractivity contribution in [2.45, 2.75) is 13.8 Å². The van der Waals surface area contributed by atoms with E-state index >= 15 is 0 Å². The molecule has 0 spiro atoms. The number of carboxylic acid groups (broad SMARTS) is 1. The standard InChI is InChI=1S/C11H14ClN3O4/c1-3-14(6-7(2)11(16)17)10-9(15(18)19)4-8(12)5-13-10/h4-5,7H,3,6H2,1-2H3,(H,16,17). The van der Waals surface area contributed by atoms with Crippen LogP contribution in [0, 0.1) is 16.0 Å². The van der Waals surface area contributed by atoms with Crippen LogP contribution < -0.4 is 4.90 Å². The summed E-state index contributed by atoms with van der Waals surface area (Å²) < 4.78 is 0. The minimum Gasteiger partial charge on any atom is -0.481 e. The number of aliphatic carboxylic acids is 1. The number of nitro groups is 1. The van der Waals surface area contributed by atoms with Gasteiger partial charge in [0.2, 0.25) is 5.82 Å². The van der Waals surface area contributed by atoms with Crippen molar-refractivity contribution in [3.63, 3.8) is 0 Å². The Morgan fingerprint density at radius 3 is 2.79 bits per heavy atom. The number of carbonyl (C=O) groups is 1. The van der Waals surface area contributed by atoms with Gasteiger partial charge in [0.05, 0.1) is 15.9 Å². The van der Waals surface area contributed by atoms with E-state index in [9.17, 15) is 14.9 Å². The molecule has 0 aromatic carbocycles. The van der Waals surface area contributed by atoms with Crippen LogP contribution in [0.5, 0.6) is 0 Å². The third kappa shape index (κ3) is 3.78. The van der Waals surface area contributed by atoms with Crippen molar-refractivity contribution < 1.29 is 14.8 Å². The van der Waals surface area contributed by atoms with Gasteiger partial charge in [0.25, 0.3) is 0 Å². The second-order valence-electron chi connectivity index (χ2n) is 4.03. The smallest absolute Gasteiger partial charge is 0.313 e.